The zero-order valence-corrected chi connectivity index (χ0v) is 10.5. The Morgan fingerprint density at radius 3 is 3.19 bits per heavy atom. The fraction of sp³-hybridized carbons (Fsp3) is 0.417. The standard InChI is InChI=1S/C12H13BrN2O/c13-9-2-1-3-10-8(9)4-5-11-12(16)14-6-7-15(10)11/h1-3,11H,4-7H2,(H,14,16). The molecule has 1 aromatic carbocycles. The number of piperazine rings is 1. The molecule has 1 fully saturated rings. The first kappa shape index (κ1) is 10.1. The lowest BCUT2D eigenvalue weighted by atomic mass is 9.94. The van der Waals surface area contributed by atoms with Gasteiger partial charge in [0.1, 0.15) is 6.04 Å². The van der Waals surface area contributed by atoms with Crippen molar-refractivity contribution in [3.8, 4) is 0 Å². The van der Waals surface area contributed by atoms with E-state index < -0.39 is 0 Å². The molecule has 1 aromatic rings. The van der Waals surface area contributed by atoms with E-state index in [0.29, 0.717) is 0 Å². The monoisotopic (exact) mass is 280 g/mol. The molecule has 0 saturated carbocycles. The Labute approximate surface area is 103 Å². The molecule has 0 bridgehead atoms. The third-order valence-electron chi connectivity index (χ3n) is 3.40. The summed E-state index contributed by atoms with van der Waals surface area (Å²) < 4.78 is 1.16. The molecule has 1 saturated heterocycles. The SMILES string of the molecule is O=C1NCCN2c3cccc(Br)c3CCC12. The van der Waals surface area contributed by atoms with E-state index in [2.05, 4.69) is 38.3 Å². The van der Waals surface area contributed by atoms with Gasteiger partial charge in [-0.1, -0.05) is 22.0 Å². The van der Waals surface area contributed by atoms with Gasteiger partial charge in [0.15, 0.2) is 0 Å². The largest absolute Gasteiger partial charge is 0.357 e. The van der Waals surface area contributed by atoms with E-state index in [9.17, 15) is 4.79 Å². The van der Waals surface area contributed by atoms with Crippen molar-refractivity contribution in [1.29, 1.82) is 0 Å². The van der Waals surface area contributed by atoms with Crippen molar-refractivity contribution < 1.29 is 4.79 Å². The lowest BCUT2D eigenvalue weighted by molar-refractivity contribution is -0.123. The van der Waals surface area contributed by atoms with Crippen LogP contribution in [0.5, 0.6) is 0 Å². The molecule has 0 aliphatic carbocycles. The van der Waals surface area contributed by atoms with Gasteiger partial charge in [-0.05, 0) is 30.5 Å². The van der Waals surface area contributed by atoms with Gasteiger partial charge in [0, 0.05) is 23.2 Å². The number of carbonyl (C=O) groups is 1. The first-order valence-electron chi connectivity index (χ1n) is 5.59. The summed E-state index contributed by atoms with van der Waals surface area (Å²) in [5, 5.41) is 2.93. The molecule has 84 valence electrons. The van der Waals surface area contributed by atoms with Crippen molar-refractivity contribution in [3.05, 3.63) is 28.2 Å². The van der Waals surface area contributed by atoms with Gasteiger partial charge in [0.2, 0.25) is 5.91 Å². The first-order valence-corrected chi connectivity index (χ1v) is 6.38. The van der Waals surface area contributed by atoms with Crippen LogP contribution >= 0.6 is 15.9 Å². The van der Waals surface area contributed by atoms with Gasteiger partial charge in [0.05, 0.1) is 0 Å². The molecule has 1 unspecified atom stereocenters. The molecule has 2 aliphatic heterocycles. The smallest absolute Gasteiger partial charge is 0.242 e. The van der Waals surface area contributed by atoms with E-state index >= 15 is 0 Å². The van der Waals surface area contributed by atoms with Crippen LogP contribution < -0.4 is 10.2 Å². The molecular formula is C12H13BrN2O. The van der Waals surface area contributed by atoms with Crippen LogP contribution in [0.25, 0.3) is 0 Å². The number of benzene rings is 1. The number of amides is 1. The minimum Gasteiger partial charge on any atom is -0.357 e. The van der Waals surface area contributed by atoms with E-state index in [0.717, 1.165) is 30.4 Å². The predicted molar refractivity (Wildman–Crippen MR) is 66.6 cm³/mol. The van der Waals surface area contributed by atoms with Gasteiger partial charge in [-0.25, -0.2) is 0 Å². The first-order chi connectivity index (χ1) is 7.77. The van der Waals surface area contributed by atoms with Crippen LogP contribution in [0, 0.1) is 0 Å². The second kappa shape index (κ2) is 3.77. The number of hydrogen-bond donors (Lipinski definition) is 1. The lowest BCUT2D eigenvalue weighted by Crippen LogP contribution is -2.57. The van der Waals surface area contributed by atoms with Crippen LogP contribution in [-0.4, -0.2) is 25.0 Å². The average molecular weight is 281 g/mol. The molecule has 16 heavy (non-hydrogen) atoms. The number of nitrogens with zero attached hydrogens (tertiary/aromatic N) is 1. The molecule has 3 nitrogen and oxygen atoms in total. The summed E-state index contributed by atoms with van der Waals surface area (Å²) in [5.41, 5.74) is 2.56. The molecule has 1 amide bonds. The van der Waals surface area contributed by atoms with Crippen molar-refractivity contribution in [2.45, 2.75) is 18.9 Å². The summed E-state index contributed by atoms with van der Waals surface area (Å²) in [6, 6.07) is 6.27. The number of halogens is 1. The van der Waals surface area contributed by atoms with Gasteiger partial charge in [-0.2, -0.15) is 0 Å². The lowest BCUT2D eigenvalue weighted by Gasteiger charge is -2.41. The summed E-state index contributed by atoms with van der Waals surface area (Å²) in [4.78, 5) is 14.0. The molecule has 0 radical (unpaired) electrons. The average Bonchev–Trinajstić information content (AvgIpc) is 2.30. The minimum atomic E-state index is 0.0375. The fourth-order valence-electron chi connectivity index (χ4n) is 2.63. The highest BCUT2D eigenvalue weighted by atomic mass is 79.9. The van der Waals surface area contributed by atoms with E-state index in [1.807, 2.05) is 6.07 Å². The zero-order valence-electron chi connectivity index (χ0n) is 8.87. The van der Waals surface area contributed by atoms with Gasteiger partial charge in [-0.3, -0.25) is 4.79 Å². The summed E-state index contributed by atoms with van der Waals surface area (Å²) >= 11 is 3.59. The minimum absolute atomic E-state index is 0.0375. The number of fused-ring (bicyclic) bond motifs is 3. The fourth-order valence-corrected chi connectivity index (χ4v) is 3.19. The molecule has 1 N–H and O–H groups in total. The van der Waals surface area contributed by atoms with Crippen LogP contribution in [-0.2, 0) is 11.2 Å². The highest BCUT2D eigenvalue weighted by Crippen LogP contribution is 2.35. The Morgan fingerprint density at radius 1 is 1.44 bits per heavy atom. The molecule has 2 aliphatic rings. The van der Waals surface area contributed by atoms with Crippen LogP contribution in [0.2, 0.25) is 0 Å². The molecule has 4 heteroatoms. The van der Waals surface area contributed by atoms with E-state index in [1.54, 1.807) is 0 Å². The maximum Gasteiger partial charge on any atom is 0.242 e. The summed E-state index contributed by atoms with van der Waals surface area (Å²) in [7, 11) is 0. The Balaban J connectivity index is 2.06. The quantitative estimate of drug-likeness (QED) is 0.785. The van der Waals surface area contributed by atoms with Crippen LogP contribution in [0.3, 0.4) is 0 Å². The van der Waals surface area contributed by atoms with Crippen molar-refractivity contribution in [1.82, 2.24) is 5.32 Å². The van der Waals surface area contributed by atoms with Crippen molar-refractivity contribution >= 4 is 27.5 Å². The molecule has 2 heterocycles. The second-order valence-corrected chi connectivity index (χ2v) is 5.13. The van der Waals surface area contributed by atoms with E-state index in [-0.39, 0.29) is 11.9 Å². The maximum atomic E-state index is 11.8. The van der Waals surface area contributed by atoms with Crippen molar-refractivity contribution in [3.63, 3.8) is 0 Å². The van der Waals surface area contributed by atoms with Gasteiger partial charge in [0.25, 0.3) is 0 Å². The van der Waals surface area contributed by atoms with Gasteiger partial charge >= 0.3 is 0 Å². The van der Waals surface area contributed by atoms with Crippen molar-refractivity contribution in [2.75, 3.05) is 18.0 Å². The molecule has 1 atom stereocenters. The predicted octanol–water partition coefficient (Wildman–Crippen LogP) is 1.70. The topological polar surface area (TPSA) is 32.3 Å². The number of hydrogen-bond acceptors (Lipinski definition) is 2. The molecule has 0 spiro atoms. The van der Waals surface area contributed by atoms with Gasteiger partial charge < -0.3 is 10.2 Å². The molecule has 3 rings (SSSR count). The number of carbonyl (C=O) groups excluding carboxylic acids is 1. The van der Waals surface area contributed by atoms with E-state index in [1.165, 1.54) is 11.3 Å². The Morgan fingerprint density at radius 2 is 2.31 bits per heavy atom. The van der Waals surface area contributed by atoms with E-state index in [4.69, 9.17) is 0 Å². The van der Waals surface area contributed by atoms with Crippen LogP contribution in [0.1, 0.15) is 12.0 Å². The molecule has 0 aromatic heterocycles. The number of rotatable bonds is 0. The highest BCUT2D eigenvalue weighted by molar-refractivity contribution is 9.10. The summed E-state index contributed by atoms with van der Waals surface area (Å²) in [6.45, 7) is 1.67. The van der Waals surface area contributed by atoms with Crippen LogP contribution in [0.4, 0.5) is 5.69 Å². The Bertz CT molecular complexity index is 447. The molecular weight excluding hydrogens is 268 g/mol. The third kappa shape index (κ3) is 1.44. The van der Waals surface area contributed by atoms with Crippen molar-refractivity contribution in [2.24, 2.45) is 0 Å². The normalized spacial score (nSPS) is 23.4. The summed E-state index contributed by atoms with van der Waals surface area (Å²) in [6.07, 6.45) is 1.90. The Hall–Kier alpha value is -1.03. The zero-order chi connectivity index (χ0) is 11.1. The third-order valence-corrected chi connectivity index (χ3v) is 4.15. The summed E-state index contributed by atoms with van der Waals surface area (Å²) in [5.74, 6) is 0.178. The second-order valence-electron chi connectivity index (χ2n) is 4.28. The number of anilines is 1. The maximum absolute atomic E-state index is 11.8. The van der Waals surface area contributed by atoms with Crippen LogP contribution in [0.15, 0.2) is 22.7 Å². The Kier molecular flexibility index (Phi) is 2.39. The number of nitrogens with one attached hydrogen (secondary N) is 1. The highest BCUT2D eigenvalue weighted by Gasteiger charge is 2.34. The van der Waals surface area contributed by atoms with Gasteiger partial charge in [-0.15, -0.1) is 0 Å².